The second-order valence-corrected chi connectivity index (χ2v) is 7.19. The van der Waals surface area contributed by atoms with Crippen molar-refractivity contribution >= 4 is 41.0 Å². The van der Waals surface area contributed by atoms with Crippen molar-refractivity contribution in [2.75, 3.05) is 37.0 Å². The molecular weight excluding hydrogens is 346 g/mol. The normalized spacial score (nSPS) is 15.2. The van der Waals surface area contributed by atoms with Gasteiger partial charge in [0.2, 0.25) is 0 Å². The molecule has 1 fully saturated rings. The molecule has 1 aliphatic heterocycles. The van der Waals surface area contributed by atoms with Crippen molar-refractivity contribution in [3.63, 3.8) is 0 Å². The first-order chi connectivity index (χ1) is 11.5. The zero-order valence-corrected chi connectivity index (χ0v) is 15.7. The molecule has 0 bridgehead atoms. The first-order valence-electron chi connectivity index (χ1n) is 8.17. The van der Waals surface area contributed by atoms with Crippen LogP contribution in [0.2, 0.25) is 5.02 Å². The molecule has 2 rings (SSSR count). The molecule has 0 saturated carbocycles. The number of amides is 3. The Hall–Kier alpha value is -1.40. The summed E-state index contributed by atoms with van der Waals surface area (Å²) in [5.74, 6) is 1.61. The Kier molecular flexibility index (Phi) is 7.24. The van der Waals surface area contributed by atoms with Gasteiger partial charge in [-0.25, -0.2) is 4.79 Å². The Balaban J connectivity index is 1.97. The topological polar surface area (TPSA) is 61.4 Å². The molecule has 0 unspecified atom stereocenters. The van der Waals surface area contributed by atoms with Gasteiger partial charge in [0.25, 0.3) is 5.91 Å². The van der Waals surface area contributed by atoms with Crippen LogP contribution in [-0.4, -0.2) is 48.5 Å². The van der Waals surface area contributed by atoms with Gasteiger partial charge in [-0.15, -0.1) is 0 Å². The highest BCUT2D eigenvalue weighted by Crippen LogP contribution is 2.23. The number of hydrogen-bond acceptors (Lipinski definition) is 3. The highest BCUT2D eigenvalue weighted by molar-refractivity contribution is 7.98. The van der Waals surface area contributed by atoms with Crippen LogP contribution in [0.15, 0.2) is 18.2 Å². The molecule has 132 valence electrons. The summed E-state index contributed by atoms with van der Waals surface area (Å²) in [6, 6.07) is 4.84. The molecule has 7 heteroatoms. The van der Waals surface area contributed by atoms with E-state index in [9.17, 15) is 9.59 Å². The summed E-state index contributed by atoms with van der Waals surface area (Å²) < 4.78 is 0. The third-order valence-corrected chi connectivity index (χ3v) is 5.24. The number of benzene rings is 1. The minimum atomic E-state index is -0.239. The summed E-state index contributed by atoms with van der Waals surface area (Å²) in [5.41, 5.74) is 0.951. The molecule has 1 heterocycles. The predicted octanol–water partition coefficient (Wildman–Crippen LogP) is 3.70. The van der Waals surface area contributed by atoms with Crippen LogP contribution in [0.1, 0.15) is 30.1 Å². The number of nitrogens with one attached hydrogen (secondary N) is 2. The molecule has 0 radical (unpaired) electrons. The molecular formula is C17H24ClN3O2S. The number of urea groups is 1. The summed E-state index contributed by atoms with van der Waals surface area (Å²) in [5, 5.41) is 5.95. The van der Waals surface area contributed by atoms with Gasteiger partial charge in [-0.2, -0.15) is 11.8 Å². The fourth-order valence-corrected chi connectivity index (χ4v) is 3.78. The molecule has 5 nitrogen and oxygen atoms in total. The monoisotopic (exact) mass is 369 g/mol. The molecule has 1 saturated heterocycles. The molecule has 24 heavy (non-hydrogen) atoms. The average molecular weight is 370 g/mol. The van der Waals surface area contributed by atoms with E-state index in [-0.39, 0.29) is 11.9 Å². The van der Waals surface area contributed by atoms with Gasteiger partial charge in [-0.05, 0) is 55.9 Å². The number of likely N-dealkylation sites (tertiary alicyclic amines) is 1. The Labute approximate surface area is 152 Å². The van der Waals surface area contributed by atoms with Crippen LogP contribution >= 0.6 is 23.4 Å². The first-order valence-corrected chi connectivity index (χ1v) is 9.95. The van der Waals surface area contributed by atoms with Gasteiger partial charge < -0.3 is 15.5 Å². The zero-order chi connectivity index (χ0) is 17.5. The van der Waals surface area contributed by atoms with Crippen LogP contribution in [0.4, 0.5) is 10.5 Å². The van der Waals surface area contributed by atoms with Gasteiger partial charge in [0, 0.05) is 25.3 Å². The molecule has 0 aromatic heterocycles. The number of hydrogen-bond donors (Lipinski definition) is 2. The Morgan fingerprint density at radius 2 is 2.04 bits per heavy atom. The van der Waals surface area contributed by atoms with E-state index in [0.717, 1.165) is 31.7 Å². The van der Waals surface area contributed by atoms with E-state index >= 15 is 0 Å². The van der Waals surface area contributed by atoms with E-state index < -0.39 is 0 Å². The van der Waals surface area contributed by atoms with Crippen LogP contribution in [0.3, 0.4) is 0 Å². The summed E-state index contributed by atoms with van der Waals surface area (Å²) in [7, 11) is 0. The minimum Gasteiger partial charge on any atom is -0.352 e. The van der Waals surface area contributed by atoms with Crippen molar-refractivity contribution in [3.05, 3.63) is 28.8 Å². The maximum atomic E-state index is 12.4. The van der Waals surface area contributed by atoms with Crippen molar-refractivity contribution in [2.45, 2.75) is 19.8 Å². The number of piperidine rings is 1. The zero-order valence-electron chi connectivity index (χ0n) is 14.1. The molecule has 1 aromatic carbocycles. The molecule has 0 aliphatic carbocycles. The van der Waals surface area contributed by atoms with E-state index in [1.165, 1.54) is 0 Å². The Morgan fingerprint density at radius 1 is 1.33 bits per heavy atom. The average Bonchev–Trinajstić information content (AvgIpc) is 2.57. The van der Waals surface area contributed by atoms with Crippen LogP contribution in [0.25, 0.3) is 0 Å². The van der Waals surface area contributed by atoms with E-state index in [2.05, 4.69) is 16.9 Å². The van der Waals surface area contributed by atoms with Gasteiger partial charge in [-0.1, -0.05) is 11.6 Å². The van der Waals surface area contributed by atoms with Gasteiger partial charge in [0.05, 0.1) is 10.6 Å². The van der Waals surface area contributed by atoms with Crippen LogP contribution in [0, 0.1) is 5.92 Å². The number of carbonyl (C=O) groups excluding carboxylic acids is 2. The highest BCUT2D eigenvalue weighted by Gasteiger charge is 2.22. The number of anilines is 1. The van der Waals surface area contributed by atoms with Crippen molar-refractivity contribution < 1.29 is 9.59 Å². The third-order valence-electron chi connectivity index (χ3n) is 4.10. The second kappa shape index (κ2) is 9.18. The van der Waals surface area contributed by atoms with Gasteiger partial charge in [-0.3, -0.25) is 4.79 Å². The molecule has 1 aliphatic rings. The van der Waals surface area contributed by atoms with Crippen LogP contribution in [0.5, 0.6) is 0 Å². The smallest absolute Gasteiger partial charge is 0.321 e. The van der Waals surface area contributed by atoms with Crippen molar-refractivity contribution in [3.8, 4) is 0 Å². The number of rotatable bonds is 5. The second-order valence-electron chi connectivity index (χ2n) is 5.87. The van der Waals surface area contributed by atoms with Crippen molar-refractivity contribution in [1.82, 2.24) is 10.2 Å². The Bertz CT molecular complexity index is 589. The molecule has 0 spiro atoms. The number of halogens is 1. The lowest BCUT2D eigenvalue weighted by Gasteiger charge is -2.31. The number of thioether (sulfide) groups is 1. The molecule has 2 N–H and O–H groups in total. The standard InChI is InChI=1S/C17H24ClN3O2S/c1-3-19-16(22)14-10-13(4-5-15(14)18)20-17(23)21-8-6-12(7-9-21)11-24-2/h4-5,10,12H,3,6-9,11H2,1-2H3,(H,19,22)(H,20,23). The maximum absolute atomic E-state index is 12.4. The number of carbonyl (C=O) groups is 2. The summed E-state index contributed by atoms with van der Waals surface area (Å²) in [6.45, 7) is 3.91. The van der Waals surface area contributed by atoms with Gasteiger partial charge in [0.15, 0.2) is 0 Å². The van der Waals surface area contributed by atoms with E-state index in [0.29, 0.717) is 28.7 Å². The quantitative estimate of drug-likeness (QED) is 0.831. The minimum absolute atomic E-state index is 0.123. The van der Waals surface area contributed by atoms with Crippen LogP contribution in [-0.2, 0) is 0 Å². The fourth-order valence-electron chi connectivity index (χ4n) is 2.77. The van der Waals surface area contributed by atoms with Crippen LogP contribution < -0.4 is 10.6 Å². The summed E-state index contributed by atoms with van der Waals surface area (Å²) in [6.07, 6.45) is 4.20. The molecule has 3 amide bonds. The Morgan fingerprint density at radius 3 is 2.67 bits per heavy atom. The SMILES string of the molecule is CCNC(=O)c1cc(NC(=O)N2CCC(CSC)CC2)ccc1Cl. The van der Waals surface area contributed by atoms with Crippen molar-refractivity contribution in [1.29, 1.82) is 0 Å². The largest absolute Gasteiger partial charge is 0.352 e. The predicted molar refractivity (Wildman–Crippen MR) is 101 cm³/mol. The van der Waals surface area contributed by atoms with E-state index in [1.54, 1.807) is 18.2 Å². The first kappa shape index (κ1) is 18.9. The van der Waals surface area contributed by atoms with E-state index in [4.69, 9.17) is 11.6 Å². The fraction of sp³-hybridized carbons (Fsp3) is 0.529. The lowest BCUT2D eigenvalue weighted by atomic mass is 9.99. The highest BCUT2D eigenvalue weighted by atomic mass is 35.5. The lowest BCUT2D eigenvalue weighted by molar-refractivity contribution is 0.0956. The maximum Gasteiger partial charge on any atom is 0.321 e. The van der Waals surface area contributed by atoms with Crippen molar-refractivity contribution in [2.24, 2.45) is 5.92 Å². The molecule has 0 atom stereocenters. The summed E-state index contributed by atoms with van der Waals surface area (Å²) >= 11 is 7.93. The summed E-state index contributed by atoms with van der Waals surface area (Å²) in [4.78, 5) is 26.2. The molecule has 1 aromatic rings. The van der Waals surface area contributed by atoms with Gasteiger partial charge >= 0.3 is 6.03 Å². The lowest BCUT2D eigenvalue weighted by Crippen LogP contribution is -2.41. The van der Waals surface area contributed by atoms with E-state index in [1.807, 2.05) is 23.6 Å². The third kappa shape index (κ3) is 5.05. The van der Waals surface area contributed by atoms with Gasteiger partial charge in [0.1, 0.15) is 0 Å². The number of nitrogens with zero attached hydrogens (tertiary/aromatic N) is 1.